The Balaban J connectivity index is 1.91. The molecule has 29 heavy (non-hydrogen) atoms. The van der Waals surface area contributed by atoms with Crippen molar-refractivity contribution in [2.75, 3.05) is 6.61 Å². The normalized spacial score (nSPS) is 10.6. The lowest BCUT2D eigenvalue weighted by molar-refractivity contribution is -0.139. The van der Waals surface area contributed by atoms with Crippen LogP contribution in [0.1, 0.15) is 16.7 Å². The van der Waals surface area contributed by atoms with Crippen molar-refractivity contribution in [1.82, 2.24) is 0 Å². The molecule has 6 heteroatoms. The average Bonchev–Trinajstić information content (AvgIpc) is 2.70. The molecule has 148 valence electrons. The Kier molecular flexibility index (Phi) is 6.47. The monoisotopic (exact) mass is 428 g/mol. The molecule has 0 bridgehead atoms. The molecule has 0 heterocycles. The van der Waals surface area contributed by atoms with Gasteiger partial charge in [0.1, 0.15) is 11.5 Å². The van der Waals surface area contributed by atoms with Crippen molar-refractivity contribution >= 4 is 35.2 Å². The van der Waals surface area contributed by atoms with Crippen LogP contribution in [0, 0.1) is 0 Å². The lowest BCUT2D eigenvalue weighted by atomic mass is 9.97. The number of phenols is 1. The third kappa shape index (κ3) is 5.11. The zero-order valence-electron chi connectivity index (χ0n) is 15.4. The Morgan fingerprint density at radius 3 is 2.45 bits per heavy atom. The van der Waals surface area contributed by atoms with Crippen molar-refractivity contribution in [2.24, 2.45) is 0 Å². The van der Waals surface area contributed by atoms with Crippen molar-refractivity contribution in [3.63, 3.8) is 0 Å². The van der Waals surface area contributed by atoms with Crippen LogP contribution >= 0.6 is 23.2 Å². The van der Waals surface area contributed by atoms with Crippen molar-refractivity contribution < 1.29 is 19.7 Å². The summed E-state index contributed by atoms with van der Waals surface area (Å²) in [5, 5.41) is 19.8. The first-order valence-corrected chi connectivity index (χ1v) is 9.50. The van der Waals surface area contributed by atoms with E-state index >= 15 is 0 Å². The summed E-state index contributed by atoms with van der Waals surface area (Å²) in [6.45, 7) is 3.30. The van der Waals surface area contributed by atoms with E-state index in [1.54, 1.807) is 30.3 Å². The van der Waals surface area contributed by atoms with Crippen LogP contribution in [0.15, 0.2) is 61.2 Å². The van der Waals surface area contributed by atoms with Gasteiger partial charge < -0.3 is 14.9 Å². The molecule has 0 saturated heterocycles. The fourth-order valence-corrected chi connectivity index (χ4v) is 3.54. The maximum atomic E-state index is 10.7. The Labute approximate surface area is 178 Å². The number of phenolic OH excluding ortho intramolecular Hbond substituents is 1. The number of aliphatic carboxylic acids is 1. The highest BCUT2D eigenvalue weighted by molar-refractivity contribution is 6.36. The van der Waals surface area contributed by atoms with Gasteiger partial charge in [-0.3, -0.25) is 0 Å². The zero-order chi connectivity index (χ0) is 21.0. The molecule has 0 radical (unpaired) electrons. The minimum absolute atomic E-state index is 0.171. The summed E-state index contributed by atoms with van der Waals surface area (Å²) < 4.78 is 5.14. The fourth-order valence-electron chi connectivity index (χ4n) is 2.94. The quantitative estimate of drug-likeness (QED) is 0.479. The van der Waals surface area contributed by atoms with Crippen LogP contribution in [0.25, 0.3) is 17.2 Å². The van der Waals surface area contributed by atoms with Gasteiger partial charge in [0.15, 0.2) is 6.61 Å². The van der Waals surface area contributed by atoms with Crippen molar-refractivity contribution in [1.29, 1.82) is 0 Å². The molecule has 0 aliphatic carbocycles. The number of ether oxygens (including phenoxy) is 1. The fraction of sp³-hybridized carbons (Fsp3) is 0.0870. The first kappa shape index (κ1) is 20.8. The Morgan fingerprint density at radius 2 is 1.79 bits per heavy atom. The van der Waals surface area contributed by atoms with Crippen LogP contribution < -0.4 is 4.74 Å². The van der Waals surface area contributed by atoms with Gasteiger partial charge >= 0.3 is 5.97 Å². The van der Waals surface area contributed by atoms with E-state index in [9.17, 15) is 9.90 Å². The third-order valence-electron chi connectivity index (χ3n) is 4.35. The maximum Gasteiger partial charge on any atom is 0.341 e. The van der Waals surface area contributed by atoms with Crippen LogP contribution in [0.4, 0.5) is 0 Å². The van der Waals surface area contributed by atoms with E-state index in [0.717, 1.165) is 16.7 Å². The molecular weight excluding hydrogens is 411 g/mol. The van der Waals surface area contributed by atoms with Crippen molar-refractivity contribution in [3.05, 3.63) is 87.9 Å². The lowest BCUT2D eigenvalue weighted by Crippen LogP contribution is -2.09. The number of aromatic hydroxyl groups is 1. The largest absolute Gasteiger partial charge is 0.507 e. The molecule has 4 nitrogen and oxygen atoms in total. The summed E-state index contributed by atoms with van der Waals surface area (Å²) in [4.78, 5) is 10.7. The maximum absolute atomic E-state index is 10.7. The van der Waals surface area contributed by atoms with Gasteiger partial charge in [-0.1, -0.05) is 60.1 Å². The lowest BCUT2D eigenvalue weighted by Gasteiger charge is -2.13. The number of halogens is 2. The summed E-state index contributed by atoms with van der Waals surface area (Å²) in [5.41, 5.74) is 4.11. The highest BCUT2D eigenvalue weighted by Crippen LogP contribution is 2.35. The van der Waals surface area contributed by atoms with Crippen LogP contribution in [0.2, 0.25) is 10.0 Å². The first-order valence-electron chi connectivity index (χ1n) is 8.74. The molecular formula is C23H18Cl2O4. The predicted octanol–water partition coefficient (Wildman–Crippen LogP) is 6.06. The summed E-state index contributed by atoms with van der Waals surface area (Å²) in [7, 11) is 0. The van der Waals surface area contributed by atoms with E-state index in [2.05, 4.69) is 6.58 Å². The minimum Gasteiger partial charge on any atom is -0.507 e. The van der Waals surface area contributed by atoms with Crippen molar-refractivity contribution in [3.8, 4) is 22.6 Å². The van der Waals surface area contributed by atoms with Gasteiger partial charge in [-0.25, -0.2) is 4.79 Å². The number of benzene rings is 3. The Morgan fingerprint density at radius 1 is 1.07 bits per heavy atom. The minimum atomic E-state index is -1.08. The SMILES string of the molecule is C=Cc1cccc(-c2cc(Cc3c(Cl)cc(OCC(=O)O)cc3Cl)ccc2O)c1. The number of rotatable bonds is 7. The molecule has 0 unspecified atom stereocenters. The highest BCUT2D eigenvalue weighted by atomic mass is 35.5. The van der Waals surface area contributed by atoms with Gasteiger partial charge in [0.2, 0.25) is 0 Å². The number of hydrogen-bond acceptors (Lipinski definition) is 3. The molecule has 2 N–H and O–H groups in total. The summed E-state index contributed by atoms with van der Waals surface area (Å²) in [6.07, 6.45) is 2.18. The van der Waals surface area contributed by atoms with Gasteiger partial charge in [0, 0.05) is 22.0 Å². The molecule has 3 aromatic carbocycles. The zero-order valence-corrected chi connectivity index (χ0v) is 16.9. The van der Waals surface area contributed by atoms with Crippen LogP contribution in [0.3, 0.4) is 0 Å². The molecule has 0 aromatic heterocycles. The topological polar surface area (TPSA) is 66.8 Å². The first-order chi connectivity index (χ1) is 13.9. The van der Waals surface area contributed by atoms with Gasteiger partial charge in [0.05, 0.1) is 0 Å². The average molecular weight is 429 g/mol. The van der Waals surface area contributed by atoms with E-state index in [4.69, 9.17) is 33.0 Å². The van der Waals surface area contributed by atoms with Gasteiger partial charge in [-0.15, -0.1) is 0 Å². The predicted molar refractivity (Wildman–Crippen MR) is 116 cm³/mol. The molecule has 3 aromatic rings. The highest BCUT2D eigenvalue weighted by Gasteiger charge is 2.13. The van der Waals surface area contributed by atoms with Crippen molar-refractivity contribution in [2.45, 2.75) is 6.42 Å². The van der Waals surface area contributed by atoms with E-state index in [1.807, 2.05) is 30.3 Å². The molecule has 0 aliphatic rings. The van der Waals surface area contributed by atoms with E-state index in [0.29, 0.717) is 33.3 Å². The van der Waals surface area contributed by atoms with Crippen LogP contribution in [-0.2, 0) is 11.2 Å². The number of carboxylic acids is 1. The second-order valence-electron chi connectivity index (χ2n) is 6.41. The number of carboxylic acid groups (broad SMARTS) is 1. The van der Waals surface area contributed by atoms with E-state index in [1.165, 1.54) is 0 Å². The van der Waals surface area contributed by atoms with Gasteiger partial charge in [-0.2, -0.15) is 0 Å². The summed E-state index contributed by atoms with van der Waals surface area (Å²) >= 11 is 12.7. The second-order valence-corrected chi connectivity index (χ2v) is 7.22. The van der Waals surface area contributed by atoms with Gasteiger partial charge in [-0.05, 0) is 52.6 Å². The second kappa shape index (κ2) is 9.03. The molecule has 0 fully saturated rings. The standard InChI is InChI=1S/C23H18Cl2O4/c1-2-14-4-3-5-16(8-14)18-9-15(6-7-22(18)26)10-19-20(24)11-17(12-21(19)25)29-13-23(27)28/h2-9,11-12,26H,1,10,13H2,(H,27,28). The smallest absolute Gasteiger partial charge is 0.341 e. The van der Waals surface area contributed by atoms with Crippen LogP contribution in [0.5, 0.6) is 11.5 Å². The van der Waals surface area contributed by atoms with E-state index < -0.39 is 12.6 Å². The molecule has 0 atom stereocenters. The molecule has 0 spiro atoms. The summed E-state index contributed by atoms with van der Waals surface area (Å²) in [5.74, 6) is -0.623. The van der Waals surface area contributed by atoms with Gasteiger partial charge in [0.25, 0.3) is 0 Å². The Bertz CT molecular complexity index is 1050. The van der Waals surface area contributed by atoms with Crippen LogP contribution in [-0.4, -0.2) is 22.8 Å². The molecule has 0 saturated carbocycles. The number of carbonyl (C=O) groups is 1. The Hall–Kier alpha value is -2.95. The molecule has 0 amide bonds. The third-order valence-corrected chi connectivity index (χ3v) is 5.03. The molecule has 3 rings (SSSR count). The summed E-state index contributed by atoms with van der Waals surface area (Å²) in [6, 6.07) is 16.1. The van der Waals surface area contributed by atoms with E-state index in [-0.39, 0.29) is 5.75 Å². The number of hydrogen-bond donors (Lipinski definition) is 2. The molecule has 0 aliphatic heterocycles.